The molecule has 0 saturated heterocycles. The summed E-state index contributed by atoms with van der Waals surface area (Å²) in [5.74, 6) is -0.749. The number of esters is 1. The molecule has 0 fully saturated rings. The lowest BCUT2D eigenvalue weighted by Gasteiger charge is -2.20. The first kappa shape index (κ1) is 18.7. The summed E-state index contributed by atoms with van der Waals surface area (Å²) < 4.78 is 30.4. The van der Waals surface area contributed by atoms with Crippen LogP contribution in [0.25, 0.3) is 0 Å². The Morgan fingerprint density at radius 2 is 1.96 bits per heavy atom. The molecule has 0 radical (unpaired) electrons. The van der Waals surface area contributed by atoms with Gasteiger partial charge in [-0.1, -0.05) is 0 Å². The van der Waals surface area contributed by atoms with Crippen LogP contribution in [-0.2, 0) is 24.3 Å². The van der Waals surface area contributed by atoms with Crippen LogP contribution in [0.4, 0.5) is 5.69 Å². The molecular weight excluding hydrogens is 328 g/mol. The average molecular weight is 344 g/mol. The van der Waals surface area contributed by atoms with Gasteiger partial charge in [0.1, 0.15) is 12.8 Å². The van der Waals surface area contributed by atoms with Gasteiger partial charge in [0.2, 0.25) is 10.0 Å². The molecule has 0 aromatic heterocycles. The number of non-ortho nitro benzene ring substituents is 1. The maximum atomic E-state index is 12.5. The fourth-order valence-electron chi connectivity index (χ4n) is 1.73. The Kier molecular flexibility index (Phi) is 6.79. The highest BCUT2D eigenvalue weighted by Crippen LogP contribution is 2.20. The number of nitro groups is 1. The normalized spacial score (nSPS) is 11.2. The number of unbranched alkanes of at least 4 members (excludes halogenated alkanes) is 1. The molecule has 126 valence electrons. The molecule has 0 saturated carbocycles. The van der Waals surface area contributed by atoms with Gasteiger partial charge in [0.05, 0.1) is 16.9 Å². The van der Waals surface area contributed by atoms with Crippen molar-refractivity contribution in [3.63, 3.8) is 0 Å². The molecule has 0 N–H and O–H groups in total. The third kappa shape index (κ3) is 5.11. The van der Waals surface area contributed by atoms with Gasteiger partial charge in [-0.25, -0.2) is 8.42 Å². The molecule has 0 aliphatic heterocycles. The van der Waals surface area contributed by atoms with Crippen LogP contribution in [-0.4, -0.2) is 50.1 Å². The Hall–Kier alpha value is -2.33. The van der Waals surface area contributed by atoms with E-state index in [2.05, 4.69) is 4.74 Å². The van der Waals surface area contributed by atoms with E-state index in [1.165, 1.54) is 0 Å². The molecule has 1 aromatic carbocycles. The van der Waals surface area contributed by atoms with Crippen LogP contribution >= 0.6 is 0 Å². The zero-order chi connectivity index (χ0) is 17.5. The van der Waals surface area contributed by atoms with Gasteiger partial charge in [-0.05, 0) is 18.6 Å². The van der Waals surface area contributed by atoms with Crippen molar-refractivity contribution in [3.05, 3.63) is 34.4 Å². The molecule has 0 bridgehead atoms. The number of methoxy groups -OCH3 is 1. The first-order valence-electron chi connectivity index (χ1n) is 6.58. The average Bonchev–Trinajstić information content (AvgIpc) is 2.53. The summed E-state index contributed by atoms with van der Waals surface area (Å²) >= 11 is 0. The maximum absolute atomic E-state index is 12.5. The van der Waals surface area contributed by atoms with Gasteiger partial charge in [0.15, 0.2) is 0 Å². The monoisotopic (exact) mass is 344 g/mol. The first-order chi connectivity index (χ1) is 10.8. The lowest BCUT2D eigenvalue weighted by atomic mass is 10.3. The topological polar surface area (TPSA) is 124 Å². The Bertz CT molecular complexity index is 670. The number of carbonyl (C=O) groups excluding carboxylic acids is 2. The smallest absolute Gasteiger partial charge is 0.321 e. The standard InChI is InChI=1S/C13H16N2O7S/c1-22-13(17)10-14(8-2-3-9-16)23(20,21)12-6-4-11(5-7-12)15(18)19/h4-7,9H,2-3,8,10H2,1H3. The molecule has 1 rings (SSSR count). The zero-order valence-corrected chi connectivity index (χ0v) is 13.2. The number of aldehydes is 1. The maximum Gasteiger partial charge on any atom is 0.321 e. The molecule has 0 amide bonds. The molecule has 0 heterocycles. The van der Waals surface area contributed by atoms with Crippen molar-refractivity contribution in [2.75, 3.05) is 20.2 Å². The molecule has 0 aliphatic rings. The summed E-state index contributed by atoms with van der Waals surface area (Å²) in [6.07, 6.45) is 1.04. The van der Waals surface area contributed by atoms with Crippen molar-refractivity contribution in [2.24, 2.45) is 0 Å². The van der Waals surface area contributed by atoms with E-state index < -0.39 is 27.5 Å². The van der Waals surface area contributed by atoms with E-state index in [9.17, 15) is 28.1 Å². The van der Waals surface area contributed by atoms with Crippen LogP contribution in [0.15, 0.2) is 29.2 Å². The van der Waals surface area contributed by atoms with E-state index in [0.29, 0.717) is 6.29 Å². The minimum Gasteiger partial charge on any atom is -0.468 e. The van der Waals surface area contributed by atoms with E-state index >= 15 is 0 Å². The fraction of sp³-hybridized carbons (Fsp3) is 0.385. The highest BCUT2D eigenvalue weighted by Gasteiger charge is 2.27. The summed E-state index contributed by atoms with van der Waals surface area (Å²) in [5.41, 5.74) is -0.246. The number of nitro benzene ring substituents is 1. The summed E-state index contributed by atoms with van der Waals surface area (Å²) in [5, 5.41) is 10.6. The van der Waals surface area contributed by atoms with Crippen molar-refractivity contribution in [3.8, 4) is 0 Å². The largest absolute Gasteiger partial charge is 0.468 e. The van der Waals surface area contributed by atoms with E-state index in [0.717, 1.165) is 35.7 Å². The van der Waals surface area contributed by atoms with E-state index in [-0.39, 0.29) is 30.0 Å². The van der Waals surface area contributed by atoms with Gasteiger partial charge in [-0.2, -0.15) is 4.31 Å². The van der Waals surface area contributed by atoms with Gasteiger partial charge in [-0.3, -0.25) is 14.9 Å². The van der Waals surface area contributed by atoms with E-state index in [1.54, 1.807) is 0 Å². The number of carbonyl (C=O) groups is 2. The molecule has 0 spiro atoms. The number of hydrogen-bond acceptors (Lipinski definition) is 7. The SMILES string of the molecule is COC(=O)CN(CCCC=O)S(=O)(=O)c1ccc([N+](=O)[O-])cc1. The summed E-state index contributed by atoms with van der Waals surface area (Å²) in [6.45, 7) is -0.554. The van der Waals surface area contributed by atoms with Crippen LogP contribution in [0.1, 0.15) is 12.8 Å². The van der Waals surface area contributed by atoms with Crippen molar-refractivity contribution >= 4 is 28.0 Å². The number of ether oxygens (including phenoxy) is 1. The van der Waals surface area contributed by atoms with Crippen molar-refractivity contribution < 1.29 is 27.7 Å². The molecule has 0 aliphatic carbocycles. The second-order valence-corrected chi connectivity index (χ2v) is 6.41. The van der Waals surface area contributed by atoms with Crippen LogP contribution < -0.4 is 0 Å². The van der Waals surface area contributed by atoms with Gasteiger partial charge >= 0.3 is 5.97 Å². The Labute approximate surface area is 133 Å². The molecule has 23 heavy (non-hydrogen) atoms. The van der Waals surface area contributed by atoms with Crippen LogP contribution in [0.5, 0.6) is 0 Å². The summed E-state index contributed by atoms with van der Waals surface area (Å²) in [6, 6.07) is 4.32. The lowest BCUT2D eigenvalue weighted by Crippen LogP contribution is -2.37. The number of hydrogen-bond donors (Lipinski definition) is 0. The van der Waals surface area contributed by atoms with Crippen LogP contribution in [0, 0.1) is 10.1 Å². The van der Waals surface area contributed by atoms with Crippen LogP contribution in [0.3, 0.4) is 0 Å². The van der Waals surface area contributed by atoms with Crippen molar-refractivity contribution in [1.29, 1.82) is 0 Å². The number of nitrogens with zero attached hydrogens (tertiary/aromatic N) is 2. The highest BCUT2D eigenvalue weighted by molar-refractivity contribution is 7.89. The third-order valence-corrected chi connectivity index (χ3v) is 4.81. The number of benzene rings is 1. The second kappa shape index (κ2) is 8.34. The van der Waals surface area contributed by atoms with Crippen molar-refractivity contribution in [2.45, 2.75) is 17.7 Å². The minimum absolute atomic E-state index is 0.0485. The highest BCUT2D eigenvalue weighted by atomic mass is 32.2. The van der Waals surface area contributed by atoms with E-state index in [4.69, 9.17) is 0 Å². The van der Waals surface area contributed by atoms with Crippen LogP contribution in [0.2, 0.25) is 0 Å². The lowest BCUT2D eigenvalue weighted by molar-refractivity contribution is -0.384. The molecule has 0 atom stereocenters. The Balaban J connectivity index is 3.06. The number of sulfonamides is 1. The van der Waals surface area contributed by atoms with Gasteiger partial charge in [-0.15, -0.1) is 0 Å². The van der Waals surface area contributed by atoms with Gasteiger partial charge in [0, 0.05) is 25.1 Å². The summed E-state index contributed by atoms with van der Waals surface area (Å²) in [7, 11) is -2.91. The van der Waals surface area contributed by atoms with E-state index in [1.807, 2.05) is 0 Å². The third-order valence-electron chi connectivity index (χ3n) is 2.95. The molecule has 9 nitrogen and oxygen atoms in total. The Morgan fingerprint density at radius 3 is 2.43 bits per heavy atom. The molecule has 10 heteroatoms. The molecule has 0 unspecified atom stereocenters. The predicted octanol–water partition coefficient (Wildman–Crippen LogP) is 0.738. The summed E-state index contributed by atoms with van der Waals surface area (Å²) in [4.78, 5) is 31.5. The second-order valence-electron chi connectivity index (χ2n) is 4.47. The predicted molar refractivity (Wildman–Crippen MR) is 79.2 cm³/mol. The molecular formula is C13H16N2O7S. The zero-order valence-electron chi connectivity index (χ0n) is 12.4. The number of rotatable bonds is 9. The molecule has 1 aromatic rings. The fourth-order valence-corrected chi connectivity index (χ4v) is 3.16. The Morgan fingerprint density at radius 1 is 1.35 bits per heavy atom. The van der Waals surface area contributed by atoms with Crippen molar-refractivity contribution in [1.82, 2.24) is 4.31 Å². The quantitative estimate of drug-likeness (QED) is 0.213. The minimum atomic E-state index is -4.04. The first-order valence-corrected chi connectivity index (χ1v) is 8.02. The van der Waals surface area contributed by atoms with Gasteiger partial charge < -0.3 is 9.53 Å². The van der Waals surface area contributed by atoms with Gasteiger partial charge in [0.25, 0.3) is 5.69 Å².